The van der Waals surface area contributed by atoms with Gasteiger partial charge in [0.25, 0.3) is 0 Å². The molecular formula is C20H30IN5OS. The van der Waals surface area contributed by atoms with Gasteiger partial charge in [-0.25, -0.2) is 9.98 Å². The van der Waals surface area contributed by atoms with Crippen molar-refractivity contribution in [2.75, 3.05) is 19.6 Å². The second-order valence-electron chi connectivity index (χ2n) is 7.38. The molecule has 4 rings (SSSR count). The second-order valence-corrected chi connectivity index (χ2v) is 8.33. The molecule has 1 atom stereocenters. The van der Waals surface area contributed by atoms with E-state index in [0.29, 0.717) is 18.5 Å². The van der Waals surface area contributed by atoms with Crippen LogP contribution in [0, 0.1) is 0 Å². The van der Waals surface area contributed by atoms with Crippen LogP contribution < -0.4 is 10.6 Å². The van der Waals surface area contributed by atoms with Gasteiger partial charge in [-0.2, -0.15) is 0 Å². The molecule has 6 nitrogen and oxygen atoms in total. The molecule has 2 fully saturated rings. The lowest BCUT2D eigenvalue weighted by Gasteiger charge is -2.24. The van der Waals surface area contributed by atoms with Gasteiger partial charge in [-0.3, -0.25) is 4.90 Å². The van der Waals surface area contributed by atoms with E-state index < -0.39 is 0 Å². The molecule has 1 aliphatic carbocycles. The topological polar surface area (TPSA) is 65.7 Å². The van der Waals surface area contributed by atoms with Gasteiger partial charge in [0.05, 0.1) is 11.4 Å². The molecule has 1 saturated heterocycles. The maximum atomic E-state index is 5.59. The second kappa shape index (κ2) is 10.6. The average molecular weight is 515 g/mol. The molecule has 2 N–H and O–H groups in total. The Morgan fingerprint density at radius 3 is 2.96 bits per heavy atom. The normalized spacial score (nSPS) is 21.0. The highest BCUT2D eigenvalue weighted by atomic mass is 127. The molecule has 1 saturated carbocycles. The van der Waals surface area contributed by atoms with E-state index in [1.165, 1.54) is 38.6 Å². The summed E-state index contributed by atoms with van der Waals surface area (Å²) in [5, 5.41) is 9.01. The summed E-state index contributed by atoms with van der Waals surface area (Å²) in [5.41, 5.74) is 0.856. The van der Waals surface area contributed by atoms with Crippen LogP contribution in [-0.4, -0.2) is 47.6 Å². The van der Waals surface area contributed by atoms with Gasteiger partial charge in [0.1, 0.15) is 12.0 Å². The molecule has 0 radical (unpaired) electrons. The zero-order valence-electron chi connectivity index (χ0n) is 16.4. The summed E-state index contributed by atoms with van der Waals surface area (Å²) in [6, 6.07) is 5.31. The number of hydrogen-bond acceptors (Lipinski definition) is 5. The molecule has 0 spiro atoms. The first-order chi connectivity index (χ1) is 13.3. The lowest BCUT2D eigenvalue weighted by Crippen LogP contribution is -2.45. The molecule has 28 heavy (non-hydrogen) atoms. The first-order valence-corrected chi connectivity index (χ1v) is 11.0. The Balaban J connectivity index is 0.00000225. The highest BCUT2D eigenvalue weighted by molar-refractivity contribution is 14.0. The van der Waals surface area contributed by atoms with E-state index in [1.54, 1.807) is 17.6 Å². The van der Waals surface area contributed by atoms with E-state index >= 15 is 0 Å². The maximum absolute atomic E-state index is 5.59. The molecule has 2 aromatic heterocycles. The van der Waals surface area contributed by atoms with E-state index in [2.05, 4.69) is 27.4 Å². The third-order valence-electron chi connectivity index (χ3n) is 5.43. The number of aromatic nitrogens is 1. The number of likely N-dealkylation sites (tertiary alicyclic amines) is 1. The number of rotatable bonds is 6. The monoisotopic (exact) mass is 515 g/mol. The molecule has 1 unspecified atom stereocenters. The number of halogens is 1. The summed E-state index contributed by atoms with van der Waals surface area (Å²) in [6.45, 7) is 5.80. The summed E-state index contributed by atoms with van der Waals surface area (Å²) in [6.07, 6.45) is 8.44. The van der Waals surface area contributed by atoms with Crippen LogP contribution in [0.3, 0.4) is 0 Å². The molecule has 154 valence electrons. The predicted molar refractivity (Wildman–Crippen MR) is 125 cm³/mol. The number of nitrogens with zero attached hydrogens (tertiary/aromatic N) is 3. The van der Waals surface area contributed by atoms with Crippen LogP contribution in [0.1, 0.15) is 44.7 Å². The van der Waals surface area contributed by atoms with Crippen LogP contribution in [0.4, 0.5) is 0 Å². The standard InChI is InChI=1S/C20H29N5OS.HI/c1-2-21-20(24-15-9-10-25(13-15)17-6-3-4-7-17)22-12-16-14-26-19(23-16)18-8-5-11-27-18;/h5,8,11,14-15,17H,2-4,6-7,9-10,12-13H2,1H3,(H2,21,22,24);1H. The fraction of sp³-hybridized carbons (Fsp3) is 0.600. The Bertz CT molecular complexity index is 742. The highest BCUT2D eigenvalue weighted by Gasteiger charge is 2.30. The third-order valence-corrected chi connectivity index (χ3v) is 6.29. The summed E-state index contributed by atoms with van der Waals surface area (Å²) in [5.74, 6) is 1.55. The predicted octanol–water partition coefficient (Wildman–Crippen LogP) is 4.09. The number of oxazole rings is 1. The van der Waals surface area contributed by atoms with Crippen LogP contribution in [-0.2, 0) is 6.54 Å². The molecule has 1 aliphatic heterocycles. The number of hydrogen-bond donors (Lipinski definition) is 2. The number of aliphatic imine (C=N–C) groups is 1. The Morgan fingerprint density at radius 1 is 1.36 bits per heavy atom. The van der Waals surface area contributed by atoms with Crippen LogP contribution >= 0.6 is 35.3 Å². The zero-order valence-corrected chi connectivity index (χ0v) is 19.5. The van der Waals surface area contributed by atoms with Gasteiger partial charge in [-0.05, 0) is 37.6 Å². The van der Waals surface area contributed by atoms with Crippen LogP contribution in [0.5, 0.6) is 0 Å². The smallest absolute Gasteiger partial charge is 0.236 e. The Morgan fingerprint density at radius 2 is 2.21 bits per heavy atom. The zero-order chi connectivity index (χ0) is 18.5. The van der Waals surface area contributed by atoms with Crippen molar-refractivity contribution < 1.29 is 4.42 Å². The Hall–Kier alpha value is -1.13. The maximum Gasteiger partial charge on any atom is 0.236 e. The number of thiophene rings is 1. The fourth-order valence-electron chi connectivity index (χ4n) is 4.07. The van der Waals surface area contributed by atoms with Gasteiger partial charge >= 0.3 is 0 Å². The minimum atomic E-state index is 0. The highest BCUT2D eigenvalue weighted by Crippen LogP contribution is 2.26. The Kier molecular flexibility index (Phi) is 8.16. The summed E-state index contributed by atoms with van der Waals surface area (Å²) in [7, 11) is 0. The van der Waals surface area contributed by atoms with Crippen LogP contribution in [0.25, 0.3) is 10.8 Å². The van der Waals surface area contributed by atoms with Crippen molar-refractivity contribution in [3.8, 4) is 10.8 Å². The summed E-state index contributed by atoms with van der Waals surface area (Å²) in [4.78, 5) is 13.0. The largest absolute Gasteiger partial charge is 0.443 e. The lowest BCUT2D eigenvalue weighted by atomic mass is 10.2. The lowest BCUT2D eigenvalue weighted by molar-refractivity contribution is 0.242. The van der Waals surface area contributed by atoms with E-state index in [4.69, 9.17) is 9.41 Å². The van der Waals surface area contributed by atoms with Gasteiger partial charge in [0.15, 0.2) is 5.96 Å². The van der Waals surface area contributed by atoms with Gasteiger partial charge in [-0.1, -0.05) is 18.9 Å². The van der Waals surface area contributed by atoms with Crippen molar-refractivity contribution in [2.24, 2.45) is 4.99 Å². The van der Waals surface area contributed by atoms with Crippen molar-refractivity contribution in [2.45, 2.75) is 57.7 Å². The SMILES string of the molecule is CCNC(=NCc1coc(-c2cccs2)n1)NC1CCN(C2CCCC2)C1.I. The van der Waals surface area contributed by atoms with E-state index in [-0.39, 0.29) is 24.0 Å². The number of guanidine groups is 1. The minimum absolute atomic E-state index is 0. The molecule has 2 aromatic rings. The van der Waals surface area contributed by atoms with Gasteiger partial charge < -0.3 is 15.1 Å². The summed E-state index contributed by atoms with van der Waals surface area (Å²) >= 11 is 1.63. The molecule has 0 bridgehead atoms. The van der Waals surface area contributed by atoms with E-state index in [0.717, 1.165) is 35.7 Å². The van der Waals surface area contributed by atoms with Crippen molar-refractivity contribution in [1.29, 1.82) is 0 Å². The van der Waals surface area contributed by atoms with Crippen molar-refractivity contribution in [3.63, 3.8) is 0 Å². The van der Waals surface area contributed by atoms with Crippen LogP contribution in [0.2, 0.25) is 0 Å². The molecule has 8 heteroatoms. The molecule has 0 amide bonds. The minimum Gasteiger partial charge on any atom is -0.443 e. The first-order valence-electron chi connectivity index (χ1n) is 10.1. The number of nitrogens with one attached hydrogen (secondary N) is 2. The molecular weight excluding hydrogens is 485 g/mol. The van der Waals surface area contributed by atoms with E-state index in [1.807, 2.05) is 17.5 Å². The summed E-state index contributed by atoms with van der Waals surface area (Å²) < 4.78 is 5.59. The Labute approximate surface area is 188 Å². The average Bonchev–Trinajstić information content (AvgIpc) is 3.48. The van der Waals surface area contributed by atoms with Crippen LogP contribution in [0.15, 0.2) is 33.2 Å². The van der Waals surface area contributed by atoms with Crippen molar-refractivity contribution in [1.82, 2.24) is 20.5 Å². The van der Waals surface area contributed by atoms with Gasteiger partial charge in [0.2, 0.25) is 5.89 Å². The van der Waals surface area contributed by atoms with Gasteiger partial charge in [-0.15, -0.1) is 35.3 Å². The quantitative estimate of drug-likeness (QED) is 0.345. The fourth-order valence-corrected chi connectivity index (χ4v) is 4.73. The first kappa shape index (κ1) is 21.6. The van der Waals surface area contributed by atoms with Crippen molar-refractivity contribution in [3.05, 3.63) is 29.5 Å². The molecule has 0 aromatic carbocycles. The third kappa shape index (κ3) is 5.48. The molecule has 3 heterocycles. The molecule has 2 aliphatic rings. The van der Waals surface area contributed by atoms with Crippen molar-refractivity contribution >= 4 is 41.3 Å². The van der Waals surface area contributed by atoms with Gasteiger partial charge in [0, 0.05) is 31.7 Å². The van der Waals surface area contributed by atoms with E-state index in [9.17, 15) is 0 Å².